The van der Waals surface area contributed by atoms with Gasteiger partial charge in [-0.05, 0) is 37.3 Å². The summed E-state index contributed by atoms with van der Waals surface area (Å²) in [5, 5.41) is 8.84. The molecule has 21 heavy (non-hydrogen) atoms. The maximum atomic E-state index is 12.6. The molecule has 2 aromatic carbocycles. The summed E-state index contributed by atoms with van der Waals surface area (Å²) in [6.45, 7) is 1.93. The first kappa shape index (κ1) is 15.4. The molecule has 0 aliphatic heterocycles. The second-order valence-corrected chi connectivity index (χ2v) is 6.91. The highest BCUT2D eigenvalue weighted by atomic mass is 35.5. The molecule has 2 aromatic rings. The van der Waals surface area contributed by atoms with E-state index in [9.17, 15) is 8.42 Å². The number of aryl methyl sites for hydroxylation is 1. The molecule has 0 fully saturated rings. The van der Waals surface area contributed by atoms with Crippen LogP contribution in [0.3, 0.4) is 0 Å². The van der Waals surface area contributed by atoms with Crippen LogP contribution in [0.15, 0.2) is 47.4 Å². The van der Waals surface area contributed by atoms with Crippen molar-refractivity contribution < 1.29 is 8.42 Å². The van der Waals surface area contributed by atoms with Gasteiger partial charge in [-0.25, -0.2) is 8.42 Å². The van der Waals surface area contributed by atoms with E-state index in [1.54, 1.807) is 12.1 Å². The van der Waals surface area contributed by atoms with Crippen molar-refractivity contribution in [3.63, 3.8) is 0 Å². The van der Waals surface area contributed by atoms with Gasteiger partial charge in [-0.3, -0.25) is 4.31 Å². The first-order chi connectivity index (χ1) is 9.86. The lowest BCUT2D eigenvalue weighted by Crippen LogP contribution is -2.26. The van der Waals surface area contributed by atoms with Crippen molar-refractivity contribution >= 4 is 27.3 Å². The molecule has 0 radical (unpaired) electrons. The van der Waals surface area contributed by atoms with Gasteiger partial charge in [-0.15, -0.1) is 0 Å². The summed E-state index contributed by atoms with van der Waals surface area (Å²) in [6.07, 6.45) is 0. The van der Waals surface area contributed by atoms with Gasteiger partial charge < -0.3 is 0 Å². The Balaban J connectivity index is 2.47. The summed E-state index contributed by atoms with van der Waals surface area (Å²) in [5.74, 6) is 0. The molecular formula is C15H13ClN2O2S. The van der Waals surface area contributed by atoms with Crippen LogP contribution in [0.1, 0.15) is 11.1 Å². The number of halogens is 1. The molecule has 0 N–H and O–H groups in total. The van der Waals surface area contributed by atoms with Gasteiger partial charge in [0.25, 0.3) is 10.0 Å². The third-order valence-electron chi connectivity index (χ3n) is 3.10. The van der Waals surface area contributed by atoms with Gasteiger partial charge in [0, 0.05) is 7.05 Å². The quantitative estimate of drug-likeness (QED) is 0.871. The first-order valence-electron chi connectivity index (χ1n) is 6.11. The van der Waals surface area contributed by atoms with Crippen molar-refractivity contribution in [1.29, 1.82) is 5.26 Å². The molecule has 0 aliphatic carbocycles. The lowest BCUT2D eigenvalue weighted by Gasteiger charge is -2.20. The minimum Gasteiger partial charge on any atom is -0.269 e. The molecule has 0 bridgehead atoms. The predicted octanol–water partition coefficient (Wildman–Crippen LogP) is 3.35. The molecule has 0 spiro atoms. The highest BCUT2D eigenvalue weighted by Crippen LogP contribution is 2.28. The minimum atomic E-state index is -3.77. The SMILES string of the molecule is Cc1ccc(N(C)S(=O)(=O)c2ccc(C#N)cc2Cl)cc1. The lowest BCUT2D eigenvalue weighted by atomic mass is 10.2. The monoisotopic (exact) mass is 320 g/mol. The Bertz CT molecular complexity index is 809. The number of rotatable bonds is 3. The van der Waals surface area contributed by atoms with Gasteiger partial charge in [0.1, 0.15) is 4.90 Å². The van der Waals surface area contributed by atoms with Crippen LogP contribution in [0.25, 0.3) is 0 Å². The van der Waals surface area contributed by atoms with Crippen LogP contribution in [0, 0.1) is 18.3 Å². The smallest absolute Gasteiger partial charge is 0.265 e. The van der Waals surface area contributed by atoms with Gasteiger partial charge in [0.05, 0.1) is 22.3 Å². The fourth-order valence-electron chi connectivity index (χ4n) is 1.82. The Morgan fingerprint density at radius 1 is 1.14 bits per heavy atom. The fraction of sp³-hybridized carbons (Fsp3) is 0.133. The van der Waals surface area contributed by atoms with Gasteiger partial charge in [-0.2, -0.15) is 5.26 Å². The molecule has 0 saturated carbocycles. The van der Waals surface area contributed by atoms with E-state index in [2.05, 4.69) is 0 Å². The van der Waals surface area contributed by atoms with Crippen LogP contribution < -0.4 is 4.31 Å². The van der Waals surface area contributed by atoms with E-state index in [0.29, 0.717) is 11.3 Å². The molecule has 0 aromatic heterocycles. The van der Waals surface area contributed by atoms with Crippen LogP contribution in [-0.2, 0) is 10.0 Å². The number of hydrogen-bond donors (Lipinski definition) is 0. The average molecular weight is 321 g/mol. The van der Waals surface area contributed by atoms with Crippen molar-refractivity contribution in [2.75, 3.05) is 11.4 Å². The maximum Gasteiger partial charge on any atom is 0.265 e. The molecule has 6 heteroatoms. The molecule has 0 aliphatic rings. The predicted molar refractivity (Wildman–Crippen MR) is 82.9 cm³/mol. The molecule has 4 nitrogen and oxygen atoms in total. The molecule has 0 unspecified atom stereocenters. The Kier molecular flexibility index (Phi) is 4.21. The zero-order valence-corrected chi connectivity index (χ0v) is 13.1. The topological polar surface area (TPSA) is 61.2 Å². The molecule has 0 amide bonds. The van der Waals surface area contributed by atoms with E-state index in [-0.39, 0.29) is 9.92 Å². The lowest BCUT2D eigenvalue weighted by molar-refractivity contribution is 0.594. The summed E-state index contributed by atoms with van der Waals surface area (Å²) in [5.41, 5.74) is 1.90. The van der Waals surface area contributed by atoms with Crippen LogP contribution >= 0.6 is 11.6 Å². The van der Waals surface area contributed by atoms with Gasteiger partial charge in [0.15, 0.2) is 0 Å². The van der Waals surface area contributed by atoms with Crippen molar-refractivity contribution in [3.8, 4) is 6.07 Å². The van der Waals surface area contributed by atoms with E-state index in [1.165, 1.54) is 29.6 Å². The number of nitrogens with zero attached hydrogens (tertiary/aromatic N) is 2. The minimum absolute atomic E-state index is 0.0220. The summed E-state index contributed by atoms with van der Waals surface area (Å²) < 4.78 is 26.4. The summed E-state index contributed by atoms with van der Waals surface area (Å²) in [4.78, 5) is -0.0220. The standard InChI is InChI=1S/C15H13ClN2O2S/c1-11-3-6-13(7-4-11)18(2)21(19,20)15-8-5-12(10-17)9-14(15)16/h3-9H,1-2H3. The first-order valence-corrected chi connectivity index (χ1v) is 7.93. The molecule has 0 saturated heterocycles. The van der Waals surface area contributed by atoms with E-state index in [1.807, 2.05) is 25.1 Å². The van der Waals surface area contributed by atoms with Crippen molar-refractivity contribution in [2.45, 2.75) is 11.8 Å². The molecule has 0 atom stereocenters. The number of benzene rings is 2. The summed E-state index contributed by atoms with van der Waals surface area (Å²) in [6, 6.07) is 13.2. The van der Waals surface area contributed by atoms with Crippen molar-refractivity contribution in [3.05, 3.63) is 58.6 Å². The van der Waals surface area contributed by atoms with E-state index in [4.69, 9.17) is 16.9 Å². The van der Waals surface area contributed by atoms with Crippen molar-refractivity contribution in [1.82, 2.24) is 0 Å². The van der Waals surface area contributed by atoms with E-state index < -0.39 is 10.0 Å². The second-order valence-electron chi connectivity index (χ2n) is 4.57. The highest BCUT2D eigenvalue weighted by molar-refractivity contribution is 7.93. The van der Waals surface area contributed by atoms with E-state index in [0.717, 1.165) is 5.56 Å². The third-order valence-corrected chi connectivity index (χ3v) is 5.37. The zero-order chi connectivity index (χ0) is 15.6. The molecule has 0 heterocycles. The number of hydrogen-bond acceptors (Lipinski definition) is 3. The number of anilines is 1. The molecule has 108 valence electrons. The van der Waals surface area contributed by atoms with Crippen LogP contribution in [0.4, 0.5) is 5.69 Å². The van der Waals surface area contributed by atoms with Crippen LogP contribution in [0.5, 0.6) is 0 Å². The van der Waals surface area contributed by atoms with Gasteiger partial charge >= 0.3 is 0 Å². The highest BCUT2D eigenvalue weighted by Gasteiger charge is 2.24. The van der Waals surface area contributed by atoms with Crippen LogP contribution in [-0.4, -0.2) is 15.5 Å². The second kappa shape index (κ2) is 5.76. The Morgan fingerprint density at radius 3 is 2.29 bits per heavy atom. The van der Waals surface area contributed by atoms with Gasteiger partial charge in [0.2, 0.25) is 0 Å². The van der Waals surface area contributed by atoms with E-state index >= 15 is 0 Å². The Hall–Kier alpha value is -2.03. The molecule has 2 rings (SSSR count). The zero-order valence-electron chi connectivity index (χ0n) is 11.5. The summed E-state index contributed by atoms with van der Waals surface area (Å²) >= 11 is 5.99. The molecular weight excluding hydrogens is 308 g/mol. The normalized spacial score (nSPS) is 11.0. The third kappa shape index (κ3) is 3.02. The van der Waals surface area contributed by atoms with Crippen LogP contribution in [0.2, 0.25) is 5.02 Å². The Morgan fingerprint density at radius 2 is 1.76 bits per heavy atom. The summed E-state index contributed by atoms with van der Waals surface area (Å²) in [7, 11) is -2.30. The maximum absolute atomic E-state index is 12.6. The largest absolute Gasteiger partial charge is 0.269 e. The Labute approximate surface area is 129 Å². The van der Waals surface area contributed by atoms with Crippen molar-refractivity contribution in [2.24, 2.45) is 0 Å². The number of sulfonamides is 1. The number of nitriles is 1. The average Bonchev–Trinajstić information content (AvgIpc) is 2.46. The fourth-order valence-corrected chi connectivity index (χ4v) is 3.53. The van der Waals surface area contributed by atoms with Gasteiger partial charge in [-0.1, -0.05) is 29.3 Å².